The number of rotatable bonds is 6. The number of hydrogen-bond acceptors (Lipinski definition) is 3. The molecule has 1 fully saturated rings. The Morgan fingerprint density at radius 2 is 2.10 bits per heavy atom. The summed E-state index contributed by atoms with van der Waals surface area (Å²) in [6.45, 7) is 4.63. The van der Waals surface area contributed by atoms with Gasteiger partial charge >= 0.3 is 0 Å². The van der Waals surface area contributed by atoms with Crippen molar-refractivity contribution in [1.29, 1.82) is 0 Å². The van der Waals surface area contributed by atoms with Crippen molar-refractivity contribution in [2.75, 3.05) is 6.54 Å². The molecule has 3 N–H and O–H groups in total. The maximum atomic E-state index is 12.3. The molecule has 20 heavy (non-hydrogen) atoms. The molecule has 112 valence electrons. The number of nitrogens with two attached hydrogens (primary N) is 1. The van der Waals surface area contributed by atoms with Crippen LogP contribution in [0.3, 0.4) is 0 Å². The van der Waals surface area contributed by atoms with Crippen LogP contribution in [-0.4, -0.2) is 15.0 Å². The third-order valence-corrected chi connectivity index (χ3v) is 5.68. The fourth-order valence-electron chi connectivity index (χ4n) is 2.46. The second-order valence-electron chi connectivity index (χ2n) is 6.08. The van der Waals surface area contributed by atoms with Crippen molar-refractivity contribution in [1.82, 2.24) is 4.72 Å². The van der Waals surface area contributed by atoms with Crippen LogP contribution in [0.15, 0.2) is 29.2 Å². The van der Waals surface area contributed by atoms with Gasteiger partial charge in [-0.25, -0.2) is 13.1 Å². The second-order valence-corrected chi connectivity index (χ2v) is 7.84. The van der Waals surface area contributed by atoms with Crippen LogP contribution in [0, 0.1) is 5.41 Å². The lowest BCUT2D eigenvalue weighted by molar-refractivity contribution is 0.166. The van der Waals surface area contributed by atoms with E-state index in [1.807, 2.05) is 13.0 Å². The van der Waals surface area contributed by atoms with E-state index in [-0.39, 0.29) is 11.5 Å². The lowest BCUT2D eigenvalue weighted by Crippen LogP contribution is -2.39. The number of benzene rings is 1. The van der Waals surface area contributed by atoms with Crippen LogP contribution in [0.1, 0.15) is 51.1 Å². The highest BCUT2D eigenvalue weighted by Gasteiger charge is 2.33. The first-order chi connectivity index (χ1) is 9.36. The third-order valence-electron chi connectivity index (χ3n) is 4.29. The summed E-state index contributed by atoms with van der Waals surface area (Å²) >= 11 is 0. The predicted octanol–water partition coefficient (Wildman–Crippen LogP) is 2.56. The molecule has 0 aliphatic heterocycles. The minimum Gasteiger partial charge on any atom is -0.324 e. The van der Waals surface area contributed by atoms with Gasteiger partial charge in [0.2, 0.25) is 10.0 Å². The van der Waals surface area contributed by atoms with E-state index in [1.165, 1.54) is 6.42 Å². The Morgan fingerprint density at radius 3 is 2.65 bits per heavy atom. The summed E-state index contributed by atoms with van der Waals surface area (Å²) in [6, 6.07) is 6.82. The molecule has 1 saturated carbocycles. The molecular weight excluding hydrogens is 272 g/mol. The summed E-state index contributed by atoms with van der Waals surface area (Å²) in [4.78, 5) is 0.307. The molecule has 0 bridgehead atoms. The molecule has 1 aromatic rings. The lowest BCUT2D eigenvalue weighted by atomic mass is 9.71. The molecule has 1 aliphatic rings. The van der Waals surface area contributed by atoms with Gasteiger partial charge in [0.15, 0.2) is 0 Å². The monoisotopic (exact) mass is 296 g/mol. The highest BCUT2D eigenvalue weighted by molar-refractivity contribution is 7.89. The first-order valence-corrected chi connectivity index (χ1v) is 8.70. The number of hydrogen-bond donors (Lipinski definition) is 2. The molecule has 0 aromatic heterocycles. The zero-order valence-electron chi connectivity index (χ0n) is 12.2. The Morgan fingerprint density at radius 1 is 1.40 bits per heavy atom. The van der Waals surface area contributed by atoms with Gasteiger partial charge < -0.3 is 5.73 Å². The van der Waals surface area contributed by atoms with E-state index >= 15 is 0 Å². The maximum Gasteiger partial charge on any atom is 0.240 e. The van der Waals surface area contributed by atoms with Crippen LogP contribution in [-0.2, 0) is 10.0 Å². The highest BCUT2D eigenvalue weighted by atomic mass is 32.2. The van der Waals surface area contributed by atoms with Gasteiger partial charge in [-0.05, 0) is 42.4 Å². The van der Waals surface area contributed by atoms with E-state index in [1.54, 1.807) is 18.2 Å². The van der Waals surface area contributed by atoms with Gasteiger partial charge in [0, 0.05) is 12.6 Å². The van der Waals surface area contributed by atoms with Crippen molar-refractivity contribution in [3.63, 3.8) is 0 Å². The van der Waals surface area contributed by atoms with Gasteiger partial charge in [0.25, 0.3) is 0 Å². The van der Waals surface area contributed by atoms with Crippen molar-refractivity contribution >= 4 is 10.0 Å². The fraction of sp³-hybridized carbons (Fsp3) is 0.600. The van der Waals surface area contributed by atoms with Crippen molar-refractivity contribution in [3.05, 3.63) is 29.8 Å². The average Bonchev–Trinajstić information content (AvgIpc) is 2.42. The maximum absolute atomic E-state index is 12.3. The van der Waals surface area contributed by atoms with Crippen molar-refractivity contribution in [2.24, 2.45) is 11.1 Å². The SMILES string of the molecule is CCC(N)c1cccc(S(=O)(=O)NCC2(C)CCC2)c1. The Labute approximate surface area is 121 Å². The third kappa shape index (κ3) is 3.40. The van der Waals surface area contributed by atoms with Crippen LogP contribution in [0.25, 0.3) is 0 Å². The van der Waals surface area contributed by atoms with E-state index in [0.29, 0.717) is 11.4 Å². The molecule has 1 aliphatic carbocycles. The van der Waals surface area contributed by atoms with Crippen LogP contribution in [0.5, 0.6) is 0 Å². The largest absolute Gasteiger partial charge is 0.324 e. The van der Waals surface area contributed by atoms with Gasteiger partial charge in [-0.2, -0.15) is 0 Å². The molecule has 0 heterocycles. The van der Waals surface area contributed by atoms with Gasteiger partial charge in [-0.15, -0.1) is 0 Å². The molecule has 1 unspecified atom stereocenters. The average molecular weight is 296 g/mol. The Bertz CT molecular complexity index is 565. The molecule has 4 nitrogen and oxygen atoms in total. The van der Waals surface area contributed by atoms with Crippen LogP contribution in [0.4, 0.5) is 0 Å². The normalized spacial score (nSPS) is 19.4. The zero-order chi connectivity index (χ0) is 14.8. The minimum atomic E-state index is -3.44. The van der Waals surface area contributed by atoms with Crippen LogP contribution >= 0.6 is 0 Å². The van der Waals surface area contributed by atoms with E-state index in [9.17, 15) is 8.42 Å². The molecular formula is C15H24N2O2S. The smallest absolute Gasteiger partial charge is 0.240 e. The summed E-state index contributed by atoms with van der Waals surface area (Å²) in [6.07, 6.45) is 4.17. The molecule has 0 saturated heterocycles. The van der Waals surface area contributed by atoms with Gasteiger partial charge in [-0.3, -0.25) is 0 Å². The molecule has 2 rings (SSSR count). The molecule has 0 spiro atoms. The van der Waals surface area contributed by atoms with Crippen LogP contribution in [0.2, 0.25) is 0 Å². The first-order valence-electron chi connectivity index (χ1n) is 7.21. The fourth-order valence-corrected chi connectivity index (χ4v) is 3.71. The number of sulfonamides is 1. The highest BCUT2D eigenvalue weighted by Crippen LogP contribution is 2.39. The standard InChI is InChI=1S/C15H24N2O2S/c1-3-14(16)12-6-4-7-13(10-12)20(18,19)17-11-15(2)8-5-9-15/h4,6-7,10,14,17H,3,5,8-9,11,16H2,1-2H3. The number of nitrogens with one attached hydrogen (secondary N) is 1. The molecule has 0 radical (unpaired) electrons. The van der Waals surface area contributed by atoms with Crippen molar-refractivity contribution < 1.29 is 8.42 Å². The second kappa shape index (κ2) is 5.84. The Balaban J connectivity index is 2.12. The van der Waals surface area contributed by atoms with E-state index in [4.69, 9.17) is 5.73 Å². The van der Waals surface area contributed by atoms with Crippen molar-refractivity contribution in [2.45, 2.75) is 50.5 Å². The molecule has 1 atom stereocenters. The van der Waals surface area contributed by atoms with Gasteiger partial charge in [-0.1, -0.05) is 32.4 Å². The summed E-state index contributed by atoms with van der Waals surface area (Å²) in [7, 11) is -3.44. The zero-order valence-corrected chi connectivity index (χ0v) is 13.0. The van der Waals surface area contributed by atoms with E-state index in [2.05, 4.69) is 11.6 Å². The Hall–Kier alpha value is -0.910. The predicted molar refractivity (Wildman–Crippen MR) is 80.8 cm³/mol. The minimum absolute atomic E-state index is 0.116. The molecule has 0 amide bonds. The van der Waals surface area contributed by atoms with E-state index < -0.39 is 10.0 Å². The lowest BCUT2D eigenvalue weighted by Gasteiger charge is -2.38. The summed E-state index contributed by atoms with van der Waals surface area (Å²) in [5.41, 5.74) is 6.96. The van der Waals surface area contributed by atoms with Gasteiger partial charge in [0.1, 0.15) is 0 Å². The summed E-state index contributed by atoms with van der Waals surface area (Å²) < 4.78 is 27.4. The van der Waals surface area contributed by atoms with Gasteiger partial charge in [0.05, 0.1) is 4.90 Å². The summed E-state index contributed by atoms with van der Waals surface area (Å²) in [5.74, 6) is 0. The molecule has 1 aromatic carbocycles. The molecule has 5 heteroatoms. The first kappa shape index (κ1) is 15.5. The quantitative estimate of drug-likeness (QED) is 0.847. The topological polar surface area (TPSA) is 72.2 Å². The summed E-state index contributed by atoms with van der Waals surface area (Å²) in [5, 5.41) is 0. The van der Waals surface area contributed by atoms with E-state index in [0.717, 1.165) is 24.8 Å². The van der Waals surface area contributed by atoms with Crippen LogP contribution < -0.4 is 10.5 Å². The van der Waals surface area contributed by atoms with Crippen molar-refractivity contribution in [3.8, 4) is 0 Å². The Kier molecular flexibility index (Phi) is 4.52.